The van der Waals surface area contributed by atoms with Gasteiger partial charge in [0.1, 0.15) is 0 Å². The van der Waals surface area contributed by atoms with Crippen molar-refractivity contribution in [2.24, 2.45) is 5.41 Å². The van der Waals surface area contributed by atoms with Crippen LogP contribution in [0.15, 0.2) is 9.66 Å². The zero-order valence-electron chi connectivity index (χ0n) is 6.08. The molecular weight excluding hydrogens is 223 g/mol. The van der Waals surface area contributed by atoms with Crippen LogP contribution >= 0.6 is 22.6 Å². The van der Waals surface area contributed by atoms with Crippen molar-refractivity contribution < 1.29 is 0 Å². The fourth-order valence-corrected chi connectivity index (χ4v) is 1.75. The number of allylic oxidation sites excluding steroid dienone is 2. The Morgan fingerprint density at radius 1 is 1.56 bits per heavy atom. The molecule has 1 heteroatoms. The van der Waals surface area contributed by atoms with E-state index in [9.17, 15) is 0 Å². The summed E-state index contributed by atoms with van der Waals surface area (Å²) in [6, 6.07) is 0. The highest BCUT2D eigenvalue weighted by Gasteiger charge is 2.22. The molecule has 0 N–H and O–H groups in total. The molecule has 0 fully saturated rings. The summed E-state index contributed by atoms with van der Waals surface area (Å²) in [5.41, 5.74) is 0.485. The summed E-state index contributed by atoms with van der Waals surface area (Å²) in [7, 11) is 0. The molecule has 0 saturated heterocycles. The third kappa shape index (κ3) is 1.69. The first-order valence-electron chi connectivity index (χ1n) is 3.49. The van der Waals surface area contributed by atoms with Gasteiger partial charge >= 0.3 is 0 Å². The summed E-state index contributed by atoms with van der Waals surface area (Å²) in [5, 5.41) is 0. The minimum atomic E-state index is 0.485. The van der Waals surface area contributed by atoms with Crippen LogP contribution in [-0.4, -0.2) is 0 Å². The van der Waals surface area contributed by atoms with E-state index < -0.39 is 0 Å². The van der Waals surface area contributed by atoms with E-state index in [2.05, 4.69) is 42.5 Å². The molecule has 0 aromatic heterocycles. The predicted molar refractivity (Wildman–Crippen MR) is 49.7 cm³/mol. The van der Waals surface area contributed by atoms with Gasteiger partial charge in [-0.05, 0) is 50.8 Å². The highest BCUT2D eigenvalue weighted by atomic mass is 127. The molecule has 0 nitrogen and oxygen atoms in total. The quantitative estimate of drug-likeness (QED) is 0.564. The van der Waals surface area contributed by atoms with Crippen molar-refractivity contribution in [1.29, 1.82) is 0 Å². The van der Waals surface area contributed by atoms with Gasteiger partial charge in [-0.2, -0.15) is 0 Å². The van der Waals surface area contributed by atoms with Crippen molar-refractivity contribution in [3.63, 3.8) is 0 Å². The molecule has 0 bridgehead atoms. The van der Waals surface area contributed by atoms with Crippen LogP contribution in [0.1, 0.15) is 33.1 Å². The zero-order chi connectivity index (χ0) is 6.91. The van der Waals surface area contributed by atoms with E-state index in [0.29, 0.717) is 5.41 Å². The Kier molecular flexibility index (Phi) is 2.19. The lowest BCUT2D eigenvalue weighted by Gasteiger charge is -2.27. The van der Waals surface area contributed by atoms with Gasteiger partial charge in [-0.1, -0.05) is 19.9 Å². The third-order valence-electron chi connectivity index (χ3n) is 1.98. The second-order valence-corrected chi connectivity index (χ2v) is 4.49. The lowest BCUT2D eigenvalue weighted by atomic mass is 9.83. The van der Waals surface area contributed by atoms with Gasteiger partial charge in [0, 0.05) is 0 Å². The summed E-state index contributed by atoms with van der Waals surface area (Å²) in [6.07, 6.45) is 6.40. The van der Waals surface area contributed by atoms with Gasteiger partial charge in [0.05, 0.1) is 0 Å². The molecular formula is C8H13I. The van der Waals surface area contributed by atoms with Crippen molar-refractivity contribution in [3.8, 4) is 0 Å². The molecule has 1 aliphatic carbocycles. The third-order valence-corrected chi connectivity index (χ3v) is 3.88. The molecule has 0 heterocycles. The van der Waals surface area contributed by atoms with Crippen molar-refractivity contribution in [3.05, 3.63) is 9.66 Å². The summed E-state index contributed by atoms with van der Waals surface area (Å²) >= 11 is 2.46. The molecule has 0 saturated carbocycles. The SMILES string of the molecule is CC1(C)CCCC=C1I. The van der Waals surface area contributed by atoms with Crippen molar-refractivity contribution in [1.82, 2.24) is 0 Å². The van der Waals surface area contributed by atoms with Gasteiger partial charge in [-0.25, -0.2) is 0 Å². The summed E-state index contributed by atoms with van der Waals surface area (Å²) in [5.74, 6) is 0. The summed E-state index contributed by atoms with van der Waals surface area (Å²) < 4.78 is 1.55. The van der Waals surface area contributed by atoms with E-state index in [4.69, 9.17) is 0 Å². The van der Waals surface area contributed by atoms with E-state index in [1.807, 2.05) is 0 Å². The molecule has 0 unspecified atom stereocenters. The maximum atomic E-state index is 2.46. The first-order valence-corrected chi connectivity index (χ1v) is 4.57. The zero-order valence-corrected chi connectivity index (χ0v) is 8.23. The minimum Gasteiger partial charge on any atom is -0.0747 e. The van der Waals surface area contributed by atoms with E-state index in [1.54, 1.807) is 3.58 Å². The maximum Gasteiger partial charge on any atom is -0.00487 e. The topological polar surface area (TPSA) is 0 Å². The first kappa shape index (κ1) is 7.58. The molecule has 0 aliphatic heterocycles. The van der Waals surface area contributed by atoms with Crippen LogP contribution in [0.25, 0.3) is 0 Å². The Labute approximate surface area is 70.9 Å². The van der Waals surface area contributed by atoms with Crippen LogP contribution in [0.5, 0.6) is 0 Å². The Balaban J connectivity index is 2.73. The average Bonchev–Trinajstić information content (AvgIpc) is 1.77. The van der Waals surface area contributed by atoms with Crippen LogP contribution < -0.4 is 0 Å². The second-order valence-electron chi connectivity index (χ2n) is 3.33. The Morgan fingerprint density at radius 2 is 2.22 bits per heavy atom. The lowest BCUT2D eigenvalue weighted by molar-refractivity contribution is 0.401. The normalized spacial score (nSPS) is 25.4. The summed E-state index contributed by atoms with van der Waals surface area (Å²) in [6.45, 7) is 4.65. The lowest BCUT2D eigenvalue weighted by Crippen LogP contribution is -2.13. The van der Waals surface area contributed by atoms with Gasteiger partial charge in [0.2, 0.25) is 0 Å². The summed E-state index contributed by atoms with van der Waals surface area (Å²) in [4.78, 5) is 0. The van der Waals surface area contributed by atoms with Gasteiger partial charge < -0.3 is 0 Å². The van der Waals surface area contributed by atoms with Gasteiger partial charge in [-0.15, -0.1) is 0 Å². The second kappa shape index (κ2) is 2.60. The fourth-order valence-electron chi connectivity index (χ4n) is 1.17. The maximum absolute atomic E-state index is 2.46. The standard InChI is InChI=1S/C8H13I/c1-8(2)6-4-3-5-7(8)9/h5H,3-4,6H2,1-2H3. The first-order chi connectivity index (χ1) is 4.13. The number of hydrogen-bond donors (Lipinski definition) is 0. The van der Waals surface area contributed by atoms with E-state index in [-0.39, 0.29) is 0 Å². The highest BCUT2D eigenvalue weighted by molar-refractivity contribution is 14.1. The molecule has 1 rings (SSSR count). The molecule has 0 atom stereocenters. The largest absolute Gasteiger partial charge is 0.0747 e. The van der Waals surface area contributed by atoms with Crippen LogP contribution in [0.3, 0.4) is 0 Å². The predicted octanol–water partition coefficient (Wildman–Crippen LogP) is 3.52. The molecule has 0 spiro atoms. The Hall–Kier alpha value is 0.470. The number of halogens is 1. The molecule has 9 heavy (non-hydrogen) atoms. The van der Waals surface area contributed by atoms with Crippen molar-refractivity contribution in [2.45, 2.75) is 33.1 Å². The molecule has 1 aliphatic rings. The van der Waals surface area contributed by atoms with Gasteiger partial charge in [0.15, 0.2) is 0 Å². The van der Waals surface area contributed by atoms with E-state index in [1.165, 1.54) is 19.3 Å². The van der Waals surface area contributed by atoms with Crippen LogP contribution in [0, 0.1) is 5.41 Å². The molecule has 0 radical (unpaired) electrons. The van der Waals surface area contributed by atoms with Gasteiger partial charge in [0.25, 0.3) is 0 Å². The average molecular weight is 236 g/mol. The molecule has 0 amide bonds. The number of hydrogen-bond acceptors (Lipinski definition) is 0. The Morgan fingerprint density at radius 3 is 2.56 bits per heavy atom. The van der Waals surface area contributed by atoms with Crippen molar-refractivity contribution >= 4 is 22.6 Å². The molecule has 0 aromatic rings. The number of rotatable bonds is 0. The van der Waals surface area contributed by atoms with Crippen molar-refractivity contribution in [2.75, 3.05) is 0 Å². The Bertz CT molecular complexity index is 134. The van der Waals surface area contributed by atoms with Crippen LogP contribution in [0.4, 0.5) is 0 Å². The van der Waals surface area contributed by atoms with E-state index in [0.717, 1.165) is 0 Å². The molecule has 0 aromatic carbocycles. The van der Waals surface area contributed by atoms with Gasteiger partial charge in [-0.3, -0.25) is 0 Å². The van der Waals surface area contributed by atoms with E-state index >= 15 is 0 Å². The van der Waals surface area contributed by atoms with Crippen LogP contribution in [-0.2, 0) is 0 Å². The smallest absolute Gasteiger partial charge is 0.00487 e. The highest BCUT2D eigenvalue weighted by Crippen LogP contribution is 2.39. The molecule has 52 valence electrons. The fraction of sp³-hybridized carbons (Fsp3) is 0.750. The monoisotopic (exact) mass is 236 g/mol. The minimum absolute atomic E-state index is 0.485. The van der Waals surface area contributed by atoms with Crippen LogP contribution in [0.2, 0.25) is 0 Å².